The van der Waals surface area contributed by atoms with Crippen LogP contribution in [-0.2, 0) is 0 Å². The highest BCUT2D eigenvalue weighted by Crippen LogP contribution is 2.48. The van der Waals surface area contributed by atoms with Gasteiger partial charge in [0, 0.05) is 5.41 Å². The Bertz CT molecular complexity index is 171. The lowest BCUT2D eigenvalue weighted by molar-refractivity contribution is -0.606. The summed E-state index contributed by atoms with van der Waals surface area (Å²) in [4.78, 5) is 0. The first kappa shape index (κ1) is 8.52. The van der Waals surface area contributed by atoms with Gasteiger partial charge in [-0.05, 0) is 31.1 Å². The van der Waals surface area contributed by atoms with Crippen molar-refractivity contribution in [3.8, 4) is 0 Å². The quantitative estimate of drug-likeness (QED) is 0.621. The fourth-order valence-electron chi connectivity index (χ4n) is 3.01. The Morgan fingerprint density at radius 2 is 2.08 bits per heavy atom. The summed E-state index contributed by atoms with van der Waals surface area (Å²) in [5.74, 6) is 5.86. The van der Waals surface area contributed by atoms with Crippen molar-refractivity contribution in [1.29, 1.82) is 0 Å². The van der Waals surface area contributed by atoms with Gasteiger partial charge >= 0.3 is 0 Å². The van der Waals surface area contributed by atoms with Crippen LogP contribution in [0.4, 0.5) is 0 Å². The van der Waals surface area contributed by atoms with E-state index in [2.05, 4.69) is 24.7 Å². The smallest absolute Gasteiger partial charge is 0.0544 e. The summed E-state index contributed by atoms with van der Waals surface area (Å²) in [5.41, 5.74) is 0.705. The van der Waals surface area contributed by atoms with Crippen LogP contribution in [-0.4, -0.2) is 18.1 Å². The molecule has 70 valence electrons. The Kier molecular flexibility index (Phi) is 1.92. The van der Waals surface area contributed by atoms with Crippen LogP contribution in [0, 0.1) is 17.3 Å². The molecule has 2 fully saturated rings. The Hall–Kier alpha value is -0.0800. The van der Waals surface area contributed by atoms with Crippen LogP contribution in [0.5, 0.6) is 0 Å². The summed E-state index contributed by atoms with van der Waals surface area (Å²) in [5, 5.41) is 2.21. The van der Waals surface area contributed by atoms with Gasteiger partial charge in [0.05, 0.1) is 13.1 Å². The second-order valence-corrected chi connectivity index (χ2v) is 5.23. The van der Waals surface area contributed by atoms with Crippen molar-refractivity contribution in [2.24, 2.45) is 17.3 Å². The standard InChI is InChI=1S/C10H20N2/c1-8(2)9-3-4-10(5-9)6-12(11)7-10/h8-9H,3-7,11H2,1-2H3/p+1. The molecule has 1 saturated heterocycles. The largest absolute Gasteiger partial charge is 0.278 e. The van der Waals surface area contributed by atoms with Crippen molar-refractivity contribution < 1.29 is 5.84 Å². The van der Waals surface area contributed by atoms with Crippen LogP contribution >= 0.6 is 0 Å². The van der Waals surface area contributed by atoms with Gasteiger partial charge in [-0.1, -0.05) is 13.8 Å². The van der Waals surface area contributed by atoms with Gasteiger partial charge in [0.15, 0.2) is 0 Å². The van der Waals surface area contributed by atoms with Crippen LogP contribution < -0.4 is 5.84 Å². The lowest BCUT2D eigenvalue weighted by Crippen LogP contribution is -2.78. The lowest BCUT2D eigenvalue weighted by atomic mass is 9.78. The second-order valence-electron chi connectivity index (χ2n) is 5.23. The Balaban J connectivity index is 1.90. The summed E-state index contributed by atoms with van der Waals surface area (Å²) in [6.07, 6.45) is 4.39. The SMILES string of the molecule is CC(C)C1CCC2(C1)CN([NH3+])C2. The van der Waals surface area contributed by atoms with Crippen molar-refractivity contribution in [1.82, 2.24) is 5.01 Å². The Labute approximate surface area is 75.1 Å². The second kappa shape index (κ2) is 2.71. The summed E-state index contributed by atoms with van der Waals surface area (Å²) in [7, 11) is 0. The highest BCUT2D eigenvalue weighted by molar-refractivity contribution is 4.97. The van der Waals surface area contributed by atoms with Crippen molar-refractivity contribution in [2.45, 2.75) is 33.1 Å². The van der Waals surface area contributed by atoms with Crippen LogP contribution in [0.3, 0.4) is 0 Å². The molecule has 1 spiro atoms. The molecule has 1 saturated carbocycles. The molecule has 1 unspecified atom stereocenters. The van der Waals surface area contributed by atoms with E-state index in [9.17, 15) is 0 Å². The first-order valence-corrected chi connectivity index (χ1v) is 5.17. The molecular formula is C10H21N2+. The fourth-order valence-corrected chi connectivity index (χ4v) is 3.01. The average Bonchev–Trinajstić information content (AvgIpc) is 2.31. The number of rotatable bonds is 1. The number of hydrogen-bond donors (Lipinski definition) is 1. The highest BCUT2D eigenvalue weighted by Gasteiger charge is 2.49. The van der Waals surface area contributed by atoms with E-state index in [0.717, 1.165) is 11.8 Å². The van der Waals surface area contributed by atoms with E-state index in [1.807, 2.05) is 0 Å². The summed E-state index contributed by atoms with van der Waals surface area (Å²) in [6.45, 7) is 7.25. The van der Waals surface area contributed by atoms with Crippen LogP contribution in [0.1, 0.15) is 33.1 Å². The van der Waals surface area contributed by atoms with Crippen molar-refractivity contribution in [2.75, 3.05) is 13.1 Å². The molecule has 1 heterocycles. The molecule has 2 aliphatic rings. The molecular weight excluding hydrogens is 148 g/mol. The van der Waals surface area contributed by atoms with Crippen LogP contribution in [0.25, 0.3) is 0 Å². The monoisotopic (exact) mass is 169 g/mol. The van der Waals surface area contributed by atoms with Crippen LogP contribution in [0.15, 0.2) is 0 Å². The first-order valence-electron chi connectivity index (χ1n) is 5.17. The predicted molar refractivity (Wildman–Crippen MR) is 49.1 cm³/mol. The van der Waals surface area contributed by atoms with Crippen LogP contribution in [0.2, 0.25) is 0 Å². The van der Waals surface area contributed by atoms with Gasteiger partial charge in [0.1, 0.15) is 0 Å². The predicted octanol–water partition coefficient (Wildman–Crippen LogP) is 0.901. The Morgan fingerprint density at radius 1 is 1.42 bits per heavy atom. The zero-order valence-corrected chi connectivity index (χ0v) is 8.34. The van der Waals surface area contributed by atoms with E-state index in [0.29, 0.717) is 5.41 Å². The van der Waals surface area contributed by atoms with E-state index in [4.69, 9.17) is 0 Å². The van der Waals surface area contributed by atoms with Gasteiger partial charge in [-0.3, -0.25) is 5.84 Å². The zero-order valence-electron chi connectivity index (χ0n) is 8.34. The van der Waals surface area contributed by atoms with Gasteiger partial charge in [-0.25, -0.2) is 0 Å². The number of nitrogens with zero attached hydrogens (tertiary/aromatic N) is 1. The van der Waals surface area contributed by atoms with Crippen molar-refractivity contribution in [3.05, 3.63) is 0 Å². The van der Waals surface area contributed by atoms with Gasteiger partial charge in [-0.2, -0.15) is 5.01 Å². The van der Waals surface area contributed by atoms with Gasteiger partial charge < -0.3 is 0 Å². The molecule has 2 heteroatoms. The zero-order chi connectivity index (χ0) is 8.77. The maximum Gasteiger partial charge on any atom is 0.0544 e. The first-order chi connectivity index (χ1) is 5.61. The normalized spacial score (nSPS) is 34.5. The lowest BCUT2D eigenvalue weighted by Gasteiger charge is -2.43. The van der Waals surface area contributed by atoms with Crippen molar-refractivity contribution >= 4 is 0 Å². The molecule has 1 aliphatic carbocycles. The van der Waals surface area contributed by atoms with E-state index < -0.39 is 0 Å². The van der Waals surface area contributed by atoms with Gasteiger partial charge in [-0.15, -0.1) is 0 Å². The summed E-state index contributed by atoms with van der Waals surface area (Å²) >= 11 is 0. The van der Waals surface area contributed by atoms with Gasteiger partial charge in [0.2, 0.25) is 0 Å². The summed E-state index contributed by atoms with van der Waals surface area (Å²) < 4.78 is 0. The minimum absolute atomic E-state index is 0.705. The molecule has 2 nitrogen and oxygen atoms in total. The molecule has 2 rings (SSSR count). The molecule has 1 aliphatic heterocycles. The maximum absolute atomic E-state index is 3.97. The maximum atomic E-state index is 3.97. The number of hydrogen-bond acceptors (Lipinski definition) is 1. The molecule has 0 radical (unpaired) electrons. The van der Waals surface area contributed by atoms with Crippen molar-refractivity contribution in [3.63, 3.8) is 0 Å². The van der Waals surface area contributed by atoms with E-state index in [1.165, 1.54) is 32.4 Å². The molecule has 0 aromatic heterocycles. The molecule has 12 heavy (non-hydrogen) atoms. The number of quaternary nitrogens is 1. The topological polar surface area (TPSA) is 30.9 Å². The van der Waals surface area contributed by atoms with E-state index in [1.54, 1.807) is 0 Å². The molecule has 3 N–H and O–H groups in total. The molecule has 0 aromatic carbocycles. The molecule has 0 bridgehead atoms. The highest BCUT2D eigenvalue weighted by atomic mass is 15.4. The minimum atomic E-state index is 0.705. The average molecular weight is 169 g/mol. The van der Waals surface area contributed by atoms with Gasteiger partial charge in [0.25, 0.3) is 0 Å². The third-order valence-corrected chi connectivity index (χ3v) is 3.80. The third-order valence-electron chi connectivity index (χ3n) is 3.80. The van der Waals surface area contributed by atoms with E-state index >= 15 is 0 Å². The molecule has 0 amide bonds. The molecule has 1 atom stereocenters. The Morgan fingerprint density at radius 3 is 2.50 bits per heavy atom. The minimum Gasteiger partial charge on any atom is -0.278 e. The third kappa shape index (κ3) is 1.27. The van der Waals surface area contributed by atoms with E-state index in [-0.39, 0.29) is 0 Å². The summed E-state index contributed by atoms with van der Waals surface area (Å²) in [6, 6.07) is 0. The molecule has 0 aromatic rings. The fraction of sp³-hybridized carbons (Fsp3) is 1.00.